The number of halogens is 6. The lowest BCUT2D eigenvalue weighted by Crippen LogP contribution is -2.55. The quantitative estimate of drug-likeness (QED) is 0.333. The highest BCUT2D eigenvalue weighted by atomic mass is 79.9. The molecule has 0 rings (SSSR count). The summed E-state index contributed by atoms with van der Waals surface area (Å²) in [5.41, 5.74) is -5.95. The molecular weight excluding hydrogens is 440 g/mol. The lowest BCUT2D eigenvalue weighted by Gasteiger charge is -2.30. The standard InChI is InChI=1S/C5H8BrClF4N2O6S2/c1-3-19-13(21(16,17)5(9,10)11)12(18-2)20(14,15)4(6,7)8/h3H2,1-2H3. The summed E-state index contributed by atoms with van der Waals surface area (Å²) in [7, 11) is -11.5. The fourth-order valence-electron chi connectivity index (χ4n) is 0.744. The molecule has 16 heteroatoms. The largest absolute Gasteiger partial charge is 0.515 e. The first-order chi connectivity index (χ1) is 9.14. The molecule has 0 aliphatic heterocycles. The van der Waals surface area contributed by atoms with E-state index in [-0.39, 0.29) is 0 Å². The topological polar surface area (TPSA) is 93.2 Å². The second-order valence-electron chi connectivity index (χ2n) is 2.92. The SMILES string of the molecule is CCON(N(OC)S(=O)(=O)C(F)(Cl)Br)S(=O)(=O)C(F)(F)F. The monoisotopic (exact) mass is 446 g/mol. The maximum absolute atomic E-state index is 13.3. The minimum absolute atomic E-state index is 0.449. The molecule has 0 aliphatic rings. The van der Waals surface area contributed by atoms with Gasteiger partial charge in [0.2, 0.25) is 0 Å². The number of hydrogen-bond donors (Lipinski definition) is 0. The van der Waals surface area contributed by atoms with E-state index >= 15 is 0 Å². The van der Waals surface area contributed by atoms with Gasteiger partial charge in [0.05, 0.1) is 13.7 Å². The molecule has 1 atom stereocenters. The van der Waals surface area contributed by atoms with E-state index < -0.39 is 44.7 Å². The van der Waals surface area contributed by atoms with Gasteiger partial charge in [-0.25, -0.2) is 8.42 Å². The highest BCUT2D eigenvalue weighted by Crippen LogP contribution is 2.37. The van der Waals surface area contributed by atoms with E-state index in [2.05, 4.69) is 9.68 Å². The highest BCUT2D eigenvalue weighted by molar-refractivity contribution is 9.12. The summed E-state index contributed by atoms with van der Waals surface area (Å²) in [5, 5.41) is 0. The zero-order valence-corrected chi connectivity index (χ0v) is 14.1. The van der Waals surface area contributed by atoms with Crippen molar-refractivity contribution in [2.24, 2.45) is 0 Å². The minimum Gasteiger partial charge on any atom is -0.270 e. The molecule has 0 N–H and O–H groups in total. The number of sulfonamides is 2. The smallest absolute Gasteiger partial charge is 0.270 e. The van der Waals surface area contributed by atoms with Gasteiger partial charge < -0.3 is 0 Å². The van der Waals surface area contributed by atoms with Crippen molar-refractivity contribution < 1.29 is 44.1 Å². The van der Waals surface area contributed by atoms with Crippen LogP contribution in [0.15, 0.2) is 0 Å². The summed E-state index contributed by atoms with van der Waals surface area (Å²) < 4.78 is 90.2. The molecule has 0 fully saturated rings. The first kappa shape index (κ1) is 21.2. The minimum atomic E-state index is -6.37. The summed E-state index contributed by atoms with van der Waals surface area (Å²) in [5.74, 6) is 0. The Morgan fingerprint density at radius 2 is 1.52 bits per heavy atom. The van der Waals surface area contributed by atoms with Crippen molar-refractivity contribution in [3.05, 3.63) is 0 Å². The Balaban J connectivity index is 6.11. The zero-order chi connectivity index (χ0) is 17.3. The Kier molecular flexibility index (Phi) is 6.85. The molecule has 0 aromatic carbocycles. The van der Waals surface area contributed by atoms with E-state index in [4.69, 9.17) is 11.6 Å². The summed E-state index contributed by atoms with van der Waals surface area (Å²) in [6.07, 6.45) is 0. The Morgan fingerprint density at radius 1 is 1.10 bits per heavy atom. The Hall–Kier alpha value is 0.230. The number of rotatable bonds is 7. The molecule has 0 radical (unpaired) electrons. The van der Waals surface area contributed by atoms with Gasteiger partial charge in [-0.15, -0.1) is 0 Å². The summed E-state index contributed by atoms with van der Waals surface area (Å²) in [4.78, 5) is 8.02. The van der Waals surface area contributed by atoms with Crippen LogP contribution in [0.4, 0.5) is 17.6 Å². The molecule has 0 aromatic rings. The molecule has 0 spiro atoms. The van der Waals surface area contributed by atoms with Gasteiger partial charge in [0.25, 0.3) is 0 Å². The predicted molar refractivity (Wildman–Crippen MR) is 64.8 cm³/mol. The van der Waals surface area contributed by atoms with E-state index in [9.17, 15) is 34.4 Å². The predicted octanol–water partition coefficient (Wildman–Crippen LogP) is 1.41. The average molecular weight is 448 g/mol. The van der Waals surface area contributed by atoms with Gasteiger partial charge in [-0.05, 0) is 22.9 Å². The van der Waals surface area contributed by atoms with Crippen LogP contribution in [-0.4, -0.2) is 48.6 Å². The molecule has 0 saturated carbocycles. The van der Waals surface area contributed by atoms with Gasteiger partial charge in [0.15, 0.2) is 0 Å². The van der Waals surface area contributed by atoms with Crippen molar-refractivity contribution >= 4 is 47.6 Å². The maximum atomic E-state index is 13.3. The Morgan fingerprint density at radius 3 is 1.76 bits per heavy atom. The molecule has 0 amide bonds. The first-order valence-electron chi connectivity index (χ1n) is 4.54. The fraction of sp³-hybridized carbons (Fsp3) is 1.00. The molecule has 0 heterocycles. The lowest BCUT2D eigenvalue weighted by molar-refractivity contribution is -0.297. The second-order valence-corrected chi connectivity index (χ2v) is 9.29. The van der Waals surface area contributed by atoms with E-state index in [1.165, 1.54) is 0 Å². The van der Waals surface area contributed by atoms with Crippen LogP contribution >= 0.6 is 27.5 Å². The van der Waals surface area contributed by atoms with Gasteiger partial charge in [0.1, 0.15) is 0 Å². The van der Waals surface area contributed by atoms with E-state index in [0.717, 1.165) is 6.92 Å². The van der Waals surface area contributed by atoms with Gasteiger partial charge in [-0.1, -0.05) is 11.6 Å². The van der Waals surface area contributed by atoms with Crippen molar-refractivity contribution in [3.63, 3.8) is 0 Å². The zero-order valence-electron chi connectivity index (χ0n) is 10.1. The van der Waals surface area contributed by atoms with Crippen molar-refractivity contribution in [2.75, 3.05) is 13.7 Å². The molecule has 0 aliphatic carbocycles. The Bertz CT molecular complexity index is 561. The number of alkyl halides is 6. The first-order valence-corrected chi connectivity index (χ1v) is 8.59. The van der Waals surface area contributed by atoms with Crippen molar-refractivity contribution in [1.82, 2.24) is 9.16 Å². The van der Waals surface area contributed by atoms with Crippen molar-refractivity contribution in [2.45, 2.75) is 15.8 Å². The molecule has 0 saturated heterocycles. The van der Waals surface area contributed by atoms with E-state index in [1.807, 2.05) is 15.9 Å². The highest BCUT2D eigenvalue weighted by Gasteiger charge is 2.59. The number of hydrogen-bond acceptors (Lipinski definition) is 6. The number of nitrogens with zero attached hydrogens (tertiary/aromatic N) is 2. The second kappa shape index (κ2) is 6.77. The van der Waals surface area contributed by atoms with Crippen LogP contribution in [0.5, 0.6) is 0 Å². The van der Waals surface area contributed by atoms with E-state index in [1.54, 1.807) is 0 Å². The summed E-state index contributed by atoms with van der Waals surface area (Å²) in [6, 6.07) is 0. The summed E-state index contributed by atoms with van der Waals surface area (Å²) in [6.45, 7) is 0.311. The molecule has 8 nitrogen and oxygen atoms in total. The maximum Gasteiger partial charge on any atom is 0.515 e. The average Bonchev–Trinajstić information content (AvgIpc) is 2.25. The van der Waals surface area contributed by atoms with E-state index in [0.29, 0.717) is 7.11 Å². The van der Waals surface area contributed by atoms with Crippen LogP contribution in [0, 0.1) is 0 Å². The normalized spacial score (nSPS) is 17.2. The van der Waals surface area contributed by atoms with Crippen LogP contribution in [0.1, 0.15) is 6.92 Å². The Labute approximate surface area is 130 Å². The molecule has 0 bridgehead atoms. The molecular formula is C5H8BrClF4N2O6S2. The molecule has 21 heavy (non-hydrogen) atoms. The van der Waals surface area contributed by atoms with Gasteiger partial charge >= 0.3 is 28.9 Å². The lowest BCUT2D eigenvalue weighted by atomic mass is 10.9. The third-order valence-electron chi connectivity index (χ3n) is 1.53. The van der Waals surface area contributed by atoms with Crippen LogP contribution in [0.2, 0.25) is 0 Å². The molecule has 1 unspecified atom stereocenters. The third kappa shape index (κ3) is 4.37. The van der Waals surface area contributed by atoms with Crippen LogP contribution < -0.4 is 0 Å². The van der Waals surface area contributed by atoms with Crippen molar-refractivity contribution in [3.8, 4) is 0 Å². The molecule has 0 aromatic heterocycles. The van der Waals surface area contributed by atoms with Gasteiger partial charge in [-0.2, -0.15) is 26.0 Å². The van der Waals surface area contributed by atoms with Crippen LogP contribution in [0.25, 0.3) is 0 Å². The van der Waals surface area contributed by atoms with Gasteiger partial charge in [-0.3, -0.25) is 9.68 Å². The van der Waals surface area contributed by atoms with Crippen molar-refractivity contribution in [1.29, 1.82) is 0 Å². The summed E-state index contributed by atoms with van der Waals surface area (Å²) >= 11 is 6.60. The number of hydrazine groups is 1. The van der Waals surface area contributed by atoms with Crippen LogP contribution in [0.3, 0.4) is 0 Å². The van der Waals surface area contributed by atoms with Gasteiger partial charge in [0, 0.05) is 9.16 Å². The van der Waals surface area contributed by atoms with Crippen LogP contribution in [-0.2, 0) is 29.7 Å². The molecule has 128 valence electrons. The fourth-order valence-corrected chi connectivity index (χ4v) is 3.08. The third-order valence-corrected chi connectivity index (χ3v) is 5.98.